The maximum absolute atomic E-state index is 11.9. The van der Waals surface area contributed by atoms with Gasteiger partial charge in [-0.3, -0.25) is 9.78 Å². The Morgan fingerprint density at radius 3 is 2.84 bits per heavy atom. The zero-order valence-corrected chi connectivity index (χ0v) is 10.6. The molecule has 0 aliphatic carbocycles. The summed E-state index contributed by atoms with van der Waals surface area (Å²) in [6.07, 6.45) is 2.69. The van der Waals surface area contributed by atoms with Crippen LogP contribution in [0.3, 0.4) is 0 Å². The first-order valence-electron chi connectivity index (χ1n) is 6.13. The first kappa shape index (κ1) is 13.5. The minimum absolute atomic E-state index is 0.264. The van der Waals surface area contributed by atoms with Gasteiger partial charge < -0.3 is 15.2 Å². The second-order valence-electron chi connectivity index (χ2n) is 4.55. The number of nitrogens with zero attached hydrogens (tertiary/aromatic N) is 1. The zero-order chi connectivity index (χ0) is 13.8. The van der Waals surface area contributed by atoms with Gasteiger partial charge in [0.05, 0.1) is 0 Å². The number of aryl methyl sites for hydroxylation is 1. The fourth-order valence-corrected chi connectivity index (χ4v) is 2.01. The van der Waals surface area contributed by atoms with Gasteiger partial charge in [0, 0.05) is 18.9 Å². The number of amides is 1. The second kappa shape index (κ2) is 5.79. The monoisotopic (exact) mass is 264 g/mol. The van der Waals surface area contributed by atoms with Crippen molar-refractivity contribution < 1.29 is 19.4 Å². The third-order valence-electron chi connectivity index (χ3n) is 3.18. The van der Waals surface area contributed by atoms with Crippen LogP contribution in [0.25, 0.3) is 0 Å². The standard InChI is InChI=1S/C13H16N2O4/c1-8-6-14-5-4-9(8)7-15-12(16)10-2-3-11(19-10)13(17)18/h4-6,10-11H,2-3,7H2,1H3,(H,15,16)(H,17,18)/t10-,11+/m0/s1. The van der Waals surface area contributed by atoms with Crippen molar-refractivity contribution in [1.29, 1.82) is 0 Å². The molecule has 6 nitrogen and oxygen atoms in total. The van der Waals surface area contributed by atoms with E-state index in [1.165, 1.54) is 0 Å². The SMILES string of the molecule is Cc1cnccc1CNC(=O)[C@@H]1CC[C@H](C(=O)O)O1. The van der Waals surface area contributed by atoms with Crippen LogP contribution in [-0.2, 0) is 20.9 Å². The smallest absolute Gasteiger partial charge is 0.332 e. The van der Waals surface area contributed by atoms with Gasteiger partial charge in [0.25, 0.3) is 0 Å². The fourth-order valence-electron chi connectivity index (χ4n) is 2.01. The van der Waals surface area contributed by atoms with Gasteiger partial charge in [-0.15, -0.1) is 0 Å². The number of ether oxygens (including phenoxy) is 1. The highest BCUT2D eigenvalue weighted by atomic mass is 16.5. The van der Waals surface area contributed by atoms with Crippen LogP contribution in [0.1, 0.15) is 24.0 Å². The topological polar surface area (TPSA) is 88.5 Å². The summed E-state index contributed by atoms with van der Waals surface area (Å²) in [5, 5.41) is 11.5. The molecule has 2 heterocycles. The first-order chi connectivity index (χ1) is 9.08. The van der Waals surface area contributed by atoms with Crippen LogP contribution in [-0.4, -0.2) is 34.2 Å². The normalized spacial score (nSPS) is 22.2. The molecule has 1 aliphatic rings. The summed E-state index contributed by atoms with van der Waals surface area (Å²) in [7, 11) is 0. The number of aliphatic carboxylic acids is 1. The minimum Gasteiger partial charge on any atom is -0.479 e. The maximum Gasteiger partial charge on any atom is 0.332 e. The van der Waals surface area contributed by atoms with Gasteiger partial charge in [-0.25, -0.2) is 4.79 Å². The van der Waals surface area contributed by atoms with E-state index in [1.807, 2.05) is 13.0 Å². The Hall–Kier alpha value is -1.95. The van der Waals surface area contributed by atoms with Gasteiger partial charge in [0.2, 0.25) is 5.91 Å². The van der Waals surface area contributed by atoms with E-state index >= 15 is 0 Å². The largest absolute Gasteiger partial charge is 0.479 e. The second-order valence-corrected chi connectivity index (χ2v) is 4.55. The lowest BCUT2D eigenvalue weighted by molar-refractivity contribution is -0.151. The van der Waals surface area contributed by atoms with Crippen LogP contribution in [0, 0.1) is 6.92 Å². The lowest BCUT2D eigenvalue weighted by Gasteiger charge is -2.12. The van der Waals surface area contributed by atoms with Crippen molar-refractivity contribution in [3.8, 4) is 0 Å². The molecule has 1 amide bonds. The predicted molar refractivity (Wildman–Crippen MR) is 66.4 cm³/mol. The summed E-state index contributed by atoms with van der Waals surface area (Å²) >= 11 is 0. The van der Waals surface area contributed by atoms with E-state index in [-0.39, 0.29) is 5.91 Å². The fraction of sp³-hybridized carbons (Fsp3) is 0.462. The number of hydrogen-bond acceptors (Lipinski definition) is 4. The highest BCUT2D eigenvalue weighted by molar-refractivity contribution is 5.82. The highest BCUT2D eigenvalue weighted by Crippen LogP contribution is 2.20. The summed E-state index contributed by atoms with van der Waals surface area (Å²) in [6.45, 7) is 2.31. The average molecular weight is 264 g/mol. The van der Waals surface area contributed by atoms with E-state index in [0.717, 1.165) is 11.1 Å². The van der Waals surface area contributed by atoms with Crippen LogP contribution in [0.2, 0.25) is 0 Å². The number of pyridine rings is 1. The molecule has 1 aromatic heterocycles. The molecule has 2 atom stereocenters. The lowest BCUT2D eigenvalue weighted by Crippen LogP contribution is -2.35. The van der Waals surface area contributed by atoms with Crippen LogP contribution >= 0.6 is 0 Å². The Kier molecular flexibility index (Phi) is 4.11. The Morgan fingerprint density at radius 1 is 1.47 bits per heavy atom. The number of nitrogens with one attached hydrogen (secondary N) is 1. The number of carbonyl (C=O) groups is 2. The Balaban J connectivity index is 1.86. The van der Waals surface area contributed by atoms with Gasteiger partial charge in [0.1, 0.15) is 6.10 Å². The molecule has 0 radical (unpaired) electrons. The van der Waals surface area contributed by atoms with E-state index in [4.69, 9.17) is 9.84 Å². The first-order valence-corrected chi connectivity index (χ1v) is 6.13. The van der Waals surface area contributed by atoms with Gasteiger partial charge >= 0.3 is 5.97 Å². The van der Waals surface area contributed by atoms with E-state index in [1.54, 1.807) is 12.4 Å². The van der Waals surface area contributed by atoms with E-state index in [2.05, 4.69) is 10.3 Å². The molecule has 1 aliphatic heterocycles. The Labute approximate surface area is 110 Å². The maximum atomic E-state index is 11.9. The van der Waals surface area contributed by atoms with E-state index < -0.39 is 18.2 Å². The Morgan fingerprint density at radius 2 is 2.21 bits per heavy atom. The molecule has 0 aromatic carbocycles. The zero-order valence-electron chi connectivity index (χ0n) is 10.6. The van der Waals surface area contributed by atoms with Crippen molar-refractivity contribution in [1.82, 2.24) is 10.3 Å². The molecule has 2 N–H and O–H groups in total. The number of carboxylic acids is 1. The molecule has 102 valence electrons. The quantitative estimate of drug-likeness (QED) is 0.833. The molecular weight excluding hydrogens is 248 g/mol. The molecule has 0 unspecified atom stereocenters. The van der Waals surface area contributed by atoms with Crippen LogP contribution in [0.4, 0.5) is 0 Å². The van der Waals surface area contributed by atoms with Crippen molar-refractivity contribution in [3.05, 3.63) is 29.6 Å². The molecule has 1 aromatic rings. The summed E-state index contributed by atoms with van der Waals surface area (Å²) < 4.78 is 5.18. The van der Waals surface area contributed by atoms with Gasteiger partial charge in [-0.05, 0) is 37.0 Å². The number of hydrogen-bond donors (Lipinski definition) is 2. The number of aromatic nitrogens is 1. The molecular formula is C13H16N2O4. The van der Waals surface area contributed by atoms with Crippen molar-refractivity contribution in [2.45, 2.75) is 38.5 Å². The number of rotatable bonds is 4. The van der Waals surface area contributed by atoms with Crippen molar-refractivity contribution in [3.63, 3.8) is 0 Å². The molecule has 2 rings (SSSR count). The van der Waals surface area contributed by atoms with Crippen LogP contribution < -0.4 is 5.32 Å². The molecule has 0 bridgehead atoms. The van der Waals surface area contributed by atoms with Crippen LogP contribution in [0.15, 0.2) is 18.5 Å². The van der Waals surface area contributed by atoms with Crippen molar-refractivity contribution >= 4 is 11.9 Å². The third-order valence-corrected chi connectivity index (χ3v) is 3.18. The van der Waals surface area contributed by atoms with E-state index in [9.17, 15) is 9.59 Å². The molecule has 19 heavy (non-hydrogen) atoms. The van der Waals surface area contributed by atoms with E-state index in [0.29, 0.717) is 19.4 Å². The summed E-state index contributed by atoms with van der Waals surface area (Å²) in [5.41, 5.74) is 1.98. The predicted octanol–water partition coefficient (Wildman–Crippen LogP) is 0.638. The van der Waals surface area contributed by atoms with Gasteiger partial charge in [-0.2, -0.15) is 0 Å². The minimum atomic E-state index is -1.01. The average Bonchev–Trinajstić information content (AvgIpc) is 2.87. The van der Waals surface area contributed by atoms with Crippen molar-refractivity contribution in [2.75, 3.05) is 0 Å². The number of carboxylic acid groups (broad SMARTS) is 1. The van der Waals surface area contributed by atoms with Gasteiger partial charge in [-0.1, -0.05) is 0 Å². The lowest BCUT2D eigenvalue weighted by atomic mass is 10.1. The Bertz CT molecular complexity index is 489. The molecule has 0 spiro atoms. The van der Waals surface area contributed by atoms with Gasteiger partial charge in [0.15, 0.2) is 6.10 Å². The number of carbonyl (C=O) groups excluding carboxylic acids is 1. The van der Waals surface area contributed by atoms with Crippen LogP contribution in [0.5, 0.6) is 0 Å². The molecule has 6 heteroatoms. The third kappa shape index (κ3) is 3.29. The molecule has 1 saturated heterocycles. The highest BCUT2D eigenvalue weighted by Gasteiger charge is 2.34. The van der Waals surface area contributed by atoms with Crippen molar-refractivity contribution in [2.24, 2.45) is 0 Å². The molecule has 1 fully saturated rings. The summed E-state index contributed by atoms with van der Waals surface area (Å²) in [6, 6.07) is 1.84. The molecule has 0 saturated carbocycles. The summed E-state index contributed by atoms with van der Waals surface area (Å²) in [5.74, 6) is -1.28. The summed E-state index contributed by atoms with van der Waals surface area (Å²) in [4.78, 5) is 26.6.